The number of aliphatic hydroxyl groups excluding tert-OH is 1. The normalized spacial score (nSPS) is 13.1. The molecule has 0 aliphatic heterocycles. The summed E-state index contributed by atoms with van der Waals surface area (Å²) in [6, 6.07) is 0. The van der Waals surface area contributed by atoms with Crippen molar-refractivity contribution in [3.05, 3.63) is 36.5 Å². The van der Waals surface area contributed by atoms with Crippen LogP contribution < -0.4 is 0 Å². The number of carbonyl (C=O) groups excluding carboxylic acids is 1. The van der Waals surface area contributed by atoms with Gasteiger partial charge in [0.15, 0.2) is 0 Å². The van der Waals surface area contributed by atoms with Gasteiger partial charge in [-0.2, -0.15) is 0 Å². The second kappa shape index (κ2) is 21.0. The standard InChI is InChI=1S/C24H42O3/c1-3-5-6-7-8-9-10-11-12-13-14-15-16-17-18-19-20-21-24(26)27-23(4-2)22-25/h5-6,8-9,11-12,23,25H,3-4,7,10,13-22H2,1-2H3/b6-5-,9-8-,12-11-. The Hall–Kier alpha value is -1.35. The molecular weight excluding hydrogens is 336 g/mol. The van der Waals surface area contributed by atoms with Gasteiger partial charge in [-0.25, -0.2) is 0 Å². The fraction of sp³-hybridized carbons (Fsp3) is 0.708. The van der Waals surface area contributed by atoms with Crippen LogP contribution in [0.2, 0.25) is 0 Å². The van der Waals surface area contributed by atoms with E-state index in [1.54, 1.807) is 0 Å². The largest absolute Gasteiger partial charge is 0.460 e. The molecule has 0 saturated carbocycles. The zero-order valence-electron chi connectivity index (χ0n) is 17.7. The van der Waals surface area contributed by atoms with Crippen molar-refractivity contribution in [1.82, 2.24) is 0 Å². The van der Waals surface area contributed by atoms with Crippen molar-refractivity contribution in [2.75, 3.05) is 6.61 Å². The summed E-state index contributed by atoms with van der Waals surface area (Å²) in [6.45, 7) is 3.99. The van der Waals surface area contributed by atoms with Crippen LogP contribution in [-0.2, 0) is 9.53 Å². The minimum absolute atomic E-state index is 0.0786. The first-order valence-corrected chi connectivity index (χ1v) is 11.0. The smallest absolute Gasteiger partial charge is 0.306 e. The third-order valence-electron chi connectivity index (χ3n) is 4.49. The summed E-state index contributed by atoms with van der Waals surface area (Å²) >= 11 is 0. The summed E-state index contributed by atoms with van der Waals surface area (Å²) in [6.07, 6.45) is 26.9. The van der Waals surface area contributed by atoms with Gasteiger partial charge in [-0.05, 0) is 44.9 Å². The number of carbonyl (C=O) groups is 1. The fourth-order valence-electron chi connectivity index (χ4n) is 2.74. The quantitative estimate of drug-likeness (QED) is 0.165. The minimum atomic E-state index is -0.328. The fourth-order valence-corrected chi connectivity index (χ4v) is 2.74. The van der Waals surface area contributed by atoms with Crippen LogP contribution in [0.4, 0.5) is 0 Å². The summed E-state index contributed by atoms with van der Waals surface area (Å²) < 4.78 is 5.18. The minimum Gasteiger partial charge on any atom is -0.460 e. The zero-order chi connectivity index (χ0) is 20.0. The summed E-state index contributed by atoms with van der Waals surface area (Å²) in [5.41, 5.74) is 0. The predicted molar refractivity (Wildman–Crippen MR) is 116 cm³/mol. The molecule has 1 N–H and O–H groups in total. The molecule has 1 unspecified atom stereocenters. The molecule has 0 aliphatic carbocycles. The van der Waals surface area contributed by atoms with Crippen LogP contribution in [0.3, 0.4) is 0 Å². The first-order valence-electron chi connectivity index (χ1n) is 11.0. The summed E-state index contributed by atoms with van der Waals surface area (Å²) in [5.74, 6) is -0.171. The molecule has 0 fully saturated rings. The topological polar surface area (TPSA) is 46.5 Å². The molecule has 0 bridgehead atoms. The lowest BCUT2D eigenvalue weighted by Gasteiger charge is -2.12. The van der Waals surface area contributed by atoms with Crippen LogP contribution in [0, 0.1) is 0 Å². The highest BCUT2D eigenvalue weighted by Crippen LogP contribution is 2.11. The van der Waals surface area contributed by atoms with E-state index in [1.165, 1.54) is 38.5 Å². The lowest BCUT2D eigenvalue weighted by Crippen LogP contribution is -2.20. The average molecular weight is 379 g/mol. The van der Waals surface area contributed by atoms with Crippen molar-refractivity contribution in [2.45, 2.75) is 103 Å². The molecule has 0 heterocycles. The number of hydrogen-bond donors (Lipinski definition) is 1. The van der Waals surface area contributed by atoms with Crippen LogP contribution in [0.15, 0.2) is 36.5 Å². The molecule has 0 aromatic carbocycles. The first kappa shape index (κ1) is 25.6. The molecule has 0 rings (SSSR count). The highest BCUT2D eigenvalue weighted by molar-refractivity contribution is 5.69. The Labute approximate surface area is 167 Å². The molecule has 0 radical (unpaired) electrons. The number of ether oxygens (including phenoxy) is 1. The van der Waals surface area contributed by atoms with Gasteiger partial charge in [0.2, 0.25) is 0 Å². The van der Waals surface area contributed by atoms with Crippen molar-refractivity contribution in [3.63, 3.8) is 0 Å². The maximum absolute atomic E-state index is 11.6. The van der Waals surface area contributed by atoms with Crippen molar-refractivity contribution in [3.8, 4) is 0 Å². The molecular formula is C24H42O3. The third kappa shape index (κ3) is 19.2. The van der Waals surface area contributed by atoms with Gasteiger partial charge in [0, 0.05) is 6.42 Å². The van der Waals surface area contributed by atoms with E-state index in [9.17, 15) is 4.79 Å². The zero-order valence-corrected chi connectivity index (χ0v) is 17.7. The molecule has 1 atom stereocenters. The van der Waals surface area contributed by atoms with E-state index in [4.69, 9.17) is 9.84 Å². The Kier molecular flexibility index (Phi) is 19.9. The second-order valence-corrected chi connectivity index (χ2v) is 7.01. The molecule has 27 heavy (non-hydrogen) atoms. The third-order valence-corrected chi connectivity index (χ3v) is 4.49. The van der Waals surface area contributed by atoms with E-state index in [0.717, 1.165) is 32.1 Å². The highest BCUT2D eigenvalue weighted by Gasteiger charge is 2.10. The van der Waals surface area contributed by atoms with E-state index >= 15 is 0 Å². The van der Waals surface area contributed by atoms with Crippen LogP contribution in [0.25, 0.3) is 0 Å². The molecule has 0 amide bonds. The molecule has 3 nitrogen and oxygen atoms in total. The van der Waals surface area contributed by atoms with E-state index < -0.39 is 0 Å². The molecule has 0 aromatic heterocycles. The Morgan fingerprint density at radius 3 is 1.96 bits per heavy atom. The van der Waals surface area contributed by atoms with Crippen LogP contribution in [-0.4, -0.2) is 23.8 Å². The molecule has 3 heteroatoms. The Balaban J connectivity index is 3.34. The maximum Gasteiger partial charge on any atom is 0.306 e. The van der Waals surface area contributed by atoms with Crippen LogP contribution in [0.1, 0.15) is 97.3 Å². The Morgan fingerprint density at radius 2 is 1.37 bits per heavy atom. The molecule has 0 aromatic rings. The molecule has 156 valence electrons. The number of esters is 1. The van der Waals surface area contributed by atoms with Gasteiger partial charge >= 0.3 is 5.97 Å². The average Bonchev–Trinajstić information content (AvgIpc) is 2.68. The maximum atomic E-state index is 11.6. The van der Waals surface area contributed by atoms with E-state index in [2.05, 4.69) is 43.4 Å². The van der Waals surface area contributed by atoms with Gasteiger partial charge < -0.3 is 9.84 Å². The molecule has 0 spiro atoms. The second-order valence-electron chi connectivity index (χ2n) is 7.01. The van der Waals surface area contributed by atoms with Gasteiger partial charge in [-0.1, -0.05) is 82.4 Å². The lowest BCUT2D eigenvalue weighted by molar-refractivity contribution is -0.151. The van der Waals surface area contributed by atoms with Crippen molar-refractivity contribution < 1.29 is 14.6 Å². The van der Waals surface area contributed by atoms with E-state index in [1.807, 2.05) is 6.92 Å². The Bertz CT molecular complexity index is 406. The first-order chi connectivity index (χ1) is 13.2. The lowest BCUT2D eigenvalue weighted by atomic mass is 10.1. The number of allylic oxidation sites excluding steroid dienone is 6. The van der Waals surface area contributed by atoms with Crippen molar-refractivity contribution >= 4 is 5.97 Å². The van der Waals surface area contributed by atoms with Crippen molar-refractivity contribution in [1.29, 1.82) is 0 Å². The summed E-state index contributed by atoms with van der Waals surface area (Å²) in [7, 11) is 0. The number of hydrogen-bond acceptors (Lipinski definition) is 3. The summed E-state index contributed by atoms with van der Waals surface area (Å²) in [4.78, 5) is 11.6. The summed E-state index contributed by atoms with van der Waals surface area (Å²) in [5, 5.41) is 9.01. The highest BCUT2D eigenvalue weighted by atomic mass is 16.5. The number of aliphatic hydroxyl groups is 1. The monoisotopic (exact) mass is 378 g/mol. The van der Waals surface area contributed by atoms with Crippen LogP contribution in [0.5, 0.6) is 0 Å². The predicted octanol–water partition coefficient (Wildman–Crippen LogP) is 6.67. The number of rotatable bonds is 18. The van der Waals surface area contributed by atoms with Gasteiger partial charge in [-0.15, -0.1) is 0 Å². The Morgan fingerprint density at radius 1 is 0.815 bits per heavy atom. The van der Waals surface area contributed by atoms with Crippen molar-refractivity contribution in [2.24, 2.45) is 0 Å². The van der Waals surface area contributed by atoms with Crippen LogP contribution >= 0.6 is 0 Å². The van der Waals surface area contributed by atoms with E-state index in [-0.39, 0.29) is 18.7 Å². The van der Waals surface area contributed by atoms with Gasteiger partial charge in [0.05, 0.1) is 6.61 Å². The van der Waals surface area contributed by atoms with E-state index in [0.29, 0.717) is 12.8 Å². The van der Waals surface area contributed by atoms with Gasteiger partial charge in [0.25, 0.3) is 0 Å². The SMILES string of the molecule is CC/C=C\C/C=C\C/C=C\CCCCCCCCCC(=O)OC(CC)CO. The van der Waals surface area contributed by atoms with Gasteiger partial charge in [0.1, 0.15) is 6.10 Å². The number of unbranched alkanes of at least 4 members (excludes halogenated alkanes) is 7. The molecule has 0 saturated heterocycles. The molecule has 0 aliphatic rings. The van der Waals surface area contributed by atoms with Gasteiger partial charge in [-0.3, -0.25) is 4.79 Å².